The predicted molar refractivity (Wildman–Crippen MR) is 146 cm³/mol. The molecule has 0 aromatic carbocycles. The molecule has 0 radical (unpaired) electrons. The van der Waals surface area contributed by atoms with Crippen molar-refractivity contribution in [3.8, 4) is 0 Å². The molecule has 0 saturated carbocycles. The smallest absolute Gasteiger partial charge is 0.387 e. The lowest BCUT2D eigenvalue weighted by Crippen LogP contribution is -2.56. The van der Waals surface area contributed by atoms with Crippen LogP contribution in [0, 0.1) is 0 Å². The normalized spacial score (nSPS) is 36.0. The average molecular weight is 794 g/mol. The maximum Gasteiger partial charge on any atom is 0.490 e. The van der Waals surface area contributed by atoms with Gasteiger partial charge < -0.3 is 49.5 Å². The van der Waals surface area contributed by atoms with E-state index < -0.39 is 117 Å². The fourth-order valence-electron chi connectivity index (χ4n) is 4.69. The summed E-state index contributed by atoms with van der Waals surface area (Å²) in [7, 11) is -24.1. The number of aliphatic hydroxyl groups is 4. The van der Waals surface area contributed by atoms with Gasteiger partial charge in [0.25, 0.3) is 0 Å². The van der Waals surface area contributed by atoms with Crippen LogP contribution < -0.4 is 10.6 Å². The number of phosphoric ester groups is 2. The lowest BCUT2D eigenvalue weighted by molar-refractivity contribution is -0.126. The van der Waals surface area contributed by atoms with Crippen molar-refractivity contribution >= 4 is 55.2 Å². The molecule has 4 saturated heterocycles. The molecule has 49 heavy (non-hydrogen) atoms. The average Bonchev–Trinajstić information content (AvgIpc) is 3.38. The number of phosphoric acid groups is 4. The molecular formula is C18H30N4O23P4. The molecule has 31 heteroatoms. The Morgan fingerprint density at radius 3 is 1.24 bits per heavy atom. The summed E-state index contributed by atoms with van der Waals surface area (Å²) in [5.41, 5.74) is 0. The Labute approximate surface area is 273 Å². The summed E-state index contributed by atoms with van der Waals surface area (Å²) in [6.45, 7) is -2.85. The number of ether oxygens (including phenoxy) is 2. The predicted octanol–water partition coefficient (Wildman–Crippen LogP) is -3.75. The third kappa shape index (κ3) is 10.2. The van der Waals surface area contributed by atoms with Crippen molar-refractivity contribution < 1.29 is 109 Å². The van der Waals surface area contributed by atoms with Crippen LogP contribution in [0.5, 0.6) is 0 Å². The van der Waals surface area contributed by atoms with Gasteiger partial charge in [0.2, 0.25) is 11.8 Å². The standard InChI is InChI=1S/C18H30N4O23P4/c23-9-1-3-21(17(29)19-9)15-13(27)11(25)7(41-15)5-39-46(31,32)43-48(35,36)45-49(37,38)44-47(33,34)40-6-8-12(26)14(28)16(42-8)22-4-2-10(24)20-18(22)30/h7-8,11-16,25-28H,1-6H2,(H,31,32)(H,33,34)(H,35,36)(H,37,38)(H,19,23,29)(H,20,24,30). The van der Waals surface area contributed by atoms with E-state index in [-0.39, 0.29) is 25.9 Å². The zero-order chi connectivity index (χ0) is 36.7. The molecule has 12 atom stereocenters. The molecule has 4 aliphatic rings. The molecule has 0 spiro atoms. The Balaban J connectivity index is 1.27. The van der Waals surface area contributed by atoms with Crippen molar-refractivity contribution in [2.45, 2.75) is 61.9 Å². The summed E-state index contributed by atoms with van der Waals surface area (Å²) < 4.78 is 79.5. The number of amides is 6. The van der Waals surface area contributed by atoms with Crippen molar-refractivity contribution in [2.24, 2.45) is 0 Å². The third-order valence-corrected chi connectivity index (χ3v) is 12.8. The van der Waals surface area contributed by atoms with Gasteiger partial charge in [-0.3, -0.25) is 39.1 Å². The molecular weight excluding hydrogens is 764 g/mol. The van der Waals surface area contributed by atoms with Crippen molar-refractivity contribution in [3.63, 3.8) is 0 Å². The van der Waals surface area contributed by atoms with E-state index in [0.717, 1.165) is 9.80 Å². The lowest BCUT2D eigenvalue weighted by atomic mass is 10.1. The van der Waals surface area contributed by atoms with Crippen LogP contribution in [0.2, 0.25) is 0 Å². The molecule has 4 aliphatic heterocycles. The largest absolute Gasteiger partial charge is 0.490 e. The Morgan fingerprint density at radius 1 is 0.592 bits per heavy atom. The SMILES string of the molecule is O=C1CCN(C2OC(COP(=O)(O)OP(=O)(O)OP(=O)(O)OP(=O)(O)OCC3OC(N4CCC(=O)NC4=O)C(O)C3O)C(O)C2O)C(=O)N1. The molecule has 12 unspecified atom stereocenters. The van der Waals surface area contributed by atoms with Gasteiger partial charge in [0.1, 0.15) is 36.6 Å². The summed E-state index contributed by atoms with van der Waals surface area (Å²) in [4.78, 5) is 87.4. The number of rotatable bonds is 14. The number of imide groups is 2. The van der Waals surface area contributed by atoms with E-state index in [4.69, 9.17) is 9.47 Å². The van der Waals surface area contributed by atoms with E-state index in [1.54, 1.807) is 0 Å². The van der Waals surface area contributed by atoms with Gasteiger partial charge >= 0.3 is 43.4 Å². The van der Waals surface area contributed by atoms with Gasteiger partial charge in [0, 0.05) is 25.9 Å². The highest BCUT2D eigenvalue weighted by molar-refractivity contribution is 7.69. The molecule has 0 bridgehead atoms. The number of urea groups is 2. The Morgan fingerprint density at radius 2 is 0.918 bits per heavy atom. The lowest BCUT2D eigenvalue weighted by Gasteiger charge is -2.32. The summed E-state index contributed by atoms with van der Waals surface area (Å²) in [5.74, 6) is -1.26. The van der Waals surface area contributed by atoms with Gasteiger partial charge in [0.15, 0.2) is 12.5 Å². The van der Waals surface area contributed by atoms with E-state index in [2.05, 4.69) is 22.0 Å². The number of hydrogen-bond donors (Lipinski definition) is 10. The Kier molecular flexibility index (Phi) is 12.3. The van der Waals surface area contributed by atoms with E-state index in [0.29, 0.717) is 0 Å². The molecule has 10 N–H and O–H groups in total. The first-order chi connectivity index (χ1) is 22.5. The van der Waals surface area contributed by atoms with Crippen LogP contribution in [0.4, 0.5) is 9.59 Å². The monoisotopic (exact) mass is 794 g/mol. The van der Waals surface area contributed by atoms with Crippen LogP contribution in [0.1, 0.15) is 12.8 Å². The van der Waals surface area contributed by atoms with Gasteiger partial charge in [0.05, 0.1) is 13.2 Å². The van der Waals surface area contributed by atoms with Gasteiger partial charge in [-0.25, -0.2) is 27.8 Å². The minimum Gasteiger partial charge on any atom is -0.387 e. The van der Waals surface area contributed by atoms with Crippen molar-refractivity contribution in [1.29, 1.82) is 0 Å². The summed E-state index contributed by atoms with van der Waals surface area (Å²) in [6, 6.07) is -1.98. The number of hydrogen-bond acceptors (Lipinski definition) is 19. The van der Waals surface area contributed by atoms with Gasteiger partial charge in [-0.1, -0.05) is 0 Å². The molecule has 0 aromatic heterocycles. The summed E-state index contributed by atoms with van der Waals surface area (Å²) >= 11 is 0. The van der Waals surface area contributed by atoms with Crippen LogP contribution in [0.3, 0.4) is 0 Å². The minimum atomic E-state index is -6.23. The van der Waals surface area contributed by atoms with Crippen LogP contribution in [0.15, 0.2) is 0 Å². The van der Waals surface area contributed by atoms with Gasteiger partial charge in [-0.15, -0.1) is 0 Å². The molecule has 4 heterocycles. The first-order valence-electron chi connectivity index (χ1n) is 13.5. The first-order valence-corrected chi connectivity index (χ1v) is 19.5. The summed E-state index contributed by atoms with van der Waals surface area (Å²) in [6.07, 6.45) is -14.4. The highest BCUT2D eigenvalue weighted by Crippen LogP contribution is 2.71. The van der Waals surface area contributed by atoms with E-state index >= 15 is 0 Å². The molecule has 27 nitrogen and oxygen atoms in total. The fraction of sp³-hybridized carbons (Fsp3) is 0.778. The molecule has 4 fully saturated rings. The second-order valence-corrected chi connectivity index (χ2v) is 16.6. The first kappa shape index (κ1) is 40.0. The molecule has 4 rings (SSSR count). The van der Waals surface area contributed by atoms with Gasteiger partial charge in [-0.05, 0) is 0 Å². The number of carbonyl (C=O) groups is 4. The van der Waals surface area contributed by atoms with E-state index in [1.807, 2.05) is 10.6 Å². The number of nitrogens with zero attached hydrogens (tertiary/aromatic N) is 2. The molecule has 6 amide bonds. The Bertz CT molecular complexity index is 1410. The summed E-state index contributed by atoms with van der Waals surface area (Å²) in [5, 5.41) is 44.7. The number of nitrogens with one attached hydrogen (secondary N) is 2. The van der Waals surface area contributed by atoms with Crippen molar-refractivity contribution in [3.05, 3.63) is 0 Å². The molecule has 0 aromatic rings. The quantitative estimate of drug-likeness (QED) is 0.0755. The van der Waals surface area contributed by atoms with Gasteiger partial charge in [-0.2, -0.15) is 12.9 Å². The van der Waals surface area contributed by atoms with Crippen molar-refractivity contribution in [2.75, 3.05) is 26.3 Å². The van der Waals surface area contributed by atoms with Crippen LogP contribution >= 0.6 is 31.3 Å². The van der Waals surface area contributed by atoms with Crippen molar-refractivity contribution in [1.82, 2.24) is 20.4 Å². The zero-order valence-electron chi connectivity index (χ0n) is 24.2. The second kappa shape index (κ2) is 15.0. The highest BCUT2D eigenvalue weighted by Gasteiger charge is 2.52. The van der Waals surface area contributed by atoms with Crippen LogP contribution in [-0.4, -0.2) is 149 Å². The van der Waals surface area contributed by atoms with E-state index in [9.17, 15) is 77.4 Å². The fourth-order valence-corrected chi connectivity index (χ4v) is 9.64. The maximum atomic E-state index is 12.2. The zero-order valence-corrected chi connectivity index (χ0v) is 27.8. The van der Waals surface area contributed by atoms with Crippen LogP contribution in [-0.2, 0) is 59.3 Å². The topological polar surface area (TPSA) is 394 Å². The highest BCUT2D eigenvalue weighted by atomic mass is 31.3. The Hall–Kier alpha value is -1.80. The third-order valence-electron chi connectivity index (χ3n) is 6.89. The minimum absolute atomic E-state index is 0.190. The number of carbonyl (C=O) groups excluding carboxylic acids is 4. The molecule has 0 aliphatic carbocycles. The second-order valence-electron chi connectivity index (χ2n) is 10.4. The number of aliphatic hydroxyl groups excluding tert-OH is 4. The maximum absolute atomic E-state index is 12.2. The van der Waals surface area contributed by atoms with E-state index in [1.165, 1.54) is 0 Å². The molecule has 280 valence electrons. The van der Waals surface area contributed by atoms with Crippen LogP contribution in [0.25, 0.3) is 0 Å².